The fourth-order valence-electron chi connectivity index (χ4n) is 4.36. The van der Waals surface area contributed by atoms with Crippen LogP contribution in [0.1, 0.15) is 47.1 Å². The third-order valence-electron chi connectivity index (χ3n) is 5.50. The summed E-state index contributed by atoms with van der Waals surface area (Å²) in [6.45, 7) is 3.69. The normalized spacial score (nSPS) is 23.5. The van der Waals surface area contributed by atoms with E-state index in [0.29, 0.717) is 5.92 Å². The summed E-state index contributed by atoms with van der Waals surface area (Å²) in [6.07, 6.45) is 5.10. The lowest BCUT2D eigenvalue weighted by molar-refractivity contribution is 0.295. The molecule has 2 aromatic rings. The molecule has 1 saturated heterocycles. The van der Waals surface area contributed by atoms with Gasteiger partial charge in [0.05, 0.1) is 7.11 Å². The maximum atomic E-state index is 5.58. The molecule has 0 amide bonds. The first-order valence-electron chi connectivity index (χ1n) is 8.76. The highest BCUT2D eigenvalue weighted by molar-refractivity contribution is 7.10. The first-order valence-corrected chi connectivity index (χ1v) is 9.64. The number of halogens is 1. The van der Waals surface area contributed by atoms with Crippen molar-refractivity contribution in [3.05, 3.63) is 51.7 Å². The smallest absolute Gasteiger partial charge is 0.122 e. The van der Waals surface area contributed by atoms with E-state index in [0.717, 1.165) is 11.7 Å². The van der Waals surface area contributed by atoms with Gasteiger partial charge in [-0.05, 0) is 66.8 Å². The van der Waals surface area contributed by atoms with Crippen molar-refractivity contribution in [3.8, 4) is 5.75 Å². The number of rotatable bonds is 4. The molecule has 2 unspecified atom stereocenters. The zero-order chi connectivity index (χ0) is 15.6. The molecule has 1 aliphatic carbocycles. The van der Waals surface area contributed by atoms with Crippen molar-refractivity contribution in [1.82, 2.24) is 4.90 Å². The van der Waals surface area contributed by atoms with Gasteiger partial charge < -0.3 is 9.64 Å². The second-order valence-corrected chi connectivity index (χ2v) is 7.86. The summed E-state index contributed by atoms with van der Waals surface area (Å²) in [5.41, 5.74) is 3.00. The Morgan fingerprint density at radius 2 is 2.12 bits per heavy atom. The maximum absolute atomic E-state index is 5.58. The Kier molecular flexibility index (Phi) is 5.85. The maximum Gasteiger partial charge on any atom is 0.122 e. The van der Waals surface area contributed by atoms with E-state index in [4.69, 9.17) is 4.74 Å². The van der Waals surface area contributed by atoms with E-state index in [2.05, 4.69) is 40.6 Å². The van der Waals surface area contributed by atoms with Gasteiger partial charge in [0.2, 0.25) is 0 Å². The Labute approximate surface area is 155 Å². The van der Waals surface area contributed by atoms with E-state index < -0.39 is 0 Å². The molecule has 1 aromatic carbocycles. The summed E-state index contributed by atoms with van der Waals surface area (Å²) >= 11 is 1.92. The van der Waals surface area contributed by atoms with E-state index in [9.17, 15) is 0 Å². The van der Waals surface area contributed by atoms with Crippen LogP contribution in [0.3, 0.4) is 0 Å². The van der Waals surface area contributed by atoms with Crippen molar-refractivity contribution in [2.24, 2.45) is 0 Å². The zero-order valence-electron chi connectivity index (χ0n) is 14.2. The van der Waals surface area contributed by atoms with Gasteiger partial charge in [0.25, 0.3) is 0 Å². The molecule has 2 atom stereocenters. The Morgan fingerprint density at radius 1 is 1.21 bits per heavy atom. The van der Waals surface area contributed by atoms with Crippen LogP contribution in [0, 0.1) is 0 Å². The van der Waals surface area contributed by atoms with E-state index in [-0.39, 0.29) is 12.4 Å². The zero-order valence-corrected chi connectivity index (χ0v) is 15.9. The Hall–Kier alpha value is -1.03. The number of nitrogens with zero attached hydrogens (tertiary/aromatic N) is 1. The molecular formula is C20H26ClNOS. The Morgan fingerprint density at radius 3 is 2.92 bits per heavy atom. The van der Waals surface area contributed by atoms with E-state index >= 15 is 0 Å². The van der Waals surface area contributed by atoms with E-state index in [1.165, 1.54) is 56.4 Å². The SMILES string of the molecule is COc1cccc2c1CCCC2CN1CCC(c2cccs2)C1.Cl. The lowest BCUT2D eigenvalue weighted by Crippen LogP contribution is -2.28. The number of benzene rings is 1. The van der Waals surface area contributed by atoms with Gasteiger partial charge in [0, 0.05) is 23.9 Å². The van der Waals surface area contributed by atoms with Crippen LogP contribution in [0.25, 0.3) is 0 Å². The summed E-state index contributed by atoms with van der Waals surface area (Å²) in [5.74, 6) is 2.52. The minimum Gasteiger partial charge on any atom is -0.496 e. The predicted octanol–water partition coefficient (Wildman–Crippen LogP) is 5.09. The average Bonchev–Trinajstić information content (AvgIpc) is 3.26. The molecule has 4 heteroatoms. The molecule has 0 radical (unpaired) electrons. The van der Waals surface area contributed by atoms with Gasteiger partial charge in [-0.1, -0.05) is 18.2 Å². The van der Waals surface area contributed by atoms with Crippen LogP contribution < -0.4 is 4.74 Å². The third-order valence-corrected chi connectivity index (χ3v) is 6.54. The molecular weight excluding hydrogens is 338 g/mol. The van der Waals surface area contributed by atoms with Gasteiger partial charge in [-0.3, -0.25) is 0 Å². The molecule has 1 aliphatic heterocycles. The highest BCUT2D eigenvalue weighted by Crippen LogP contribution is 2.38. The van der Waals surface area contributed by atoms with Gasteiger partial charge in [-0.2, -0.15) is 0 Å². The topological polar surface area (TPSA) is 12.5 Å². The van der Waals surface area contributed by atoms with Crippen LogP contribution in [0.4, 0.5) is 0 Å². The molecule has 1 aromatic heterocycles. The number of methoxy groups -OCH3 is 1. The molecule has 24 heavy (non-hydrogen) atoms. The molecule has 2 heterocycles. The molecule has 0 saturated carbocycles. The van der Waals surface area contributed by atoms with E-state index in [1.54, 1.807) is 12.0 Å². The molecule has 2 aliphatic rings. The van der Waals surface area contributed by atoms with Gasteiger partial charge >= 0.3 is 0 Å². The van der Waals surface area contributed by atoms with Crippen LogP contribution >= 0.6 is 23.7 Å². The molecule has 130 valence electrons. The minimum atomic E-state index is 0. The number of fused-ring (bicyclic) bond motifs is 1. The molecule has 4 rings (SSSR count). The third kappa shape index (κ3) is 3.49. The fourth-order valence-corrected chi connectivity index (χ4v) is 5.22. The number of ether oxygens (including phenoxy) is 1. The largest absolute Gasteiger partial charge is 0.496 e. The monoisotopic (exact) mass is 363 g/mol. The predicted molar refractivity (Wildman–Crippen MR) is 104 cm³/mol. The fraction of sp³-hybridized carbons (Fsp3) is 0.500. The van der Waals surface area contributed by atoms with Gasteiger partial charge in [-0.15, -0.1) is 23.7 Å². The number of hydrogen-bond donors (Lipinski definition) is 0. The highest BCUT2D eigenvalue weighted by Gasteiger charge is 2.29. The van der Waals surface area contributed by atoms with Crippen molar-refractivity contribution >= 4 is 23.7 Å². The van der Waals surface area contributed by atoms with Crippen LogP contribution in [-0.2, 0) is 6.42 Å². The Balaban J connectivity index is 0.00000169. The van der Waals surface area contributed by atoms with Crippen molar-refractivity contribution in [2.75, 3.05) is 26.7 Å². The number of hydrogen-bond acceptors (Lipinski definition) is 3. The quantitative estimate of drug-likeness (QED) is 0.750. The molecule has 0 bridgehead atoms. The van der Waals surface area contributed by atoms with Gasteiger partial charge in [0.1, 0.15) is 5.75 Å². The van der Waals surface area contributed by atoms with Crippen LogP contribution in [0.5, 0.6) is 5.75 Å². The first-order chi connectivity index (χ1) is 11.3. The Bertz CT molecular complexity index is 658. The minimum absolute atomic E-state index is 0. The lowest BCUT2D eigenvalue weighted by Gasteiger charge is -2.30. The van der Waals surface area contributed by atoms with Gasteiger partial charge in [-0.25, -0.2) is 0 Å². The second kappa shape index (κ2) is 7.90. The van der Waals surface area contributed by atoms with Crippen LogP contribution in [0.2, 0.25) is 0 Å². The summed E-state index contributed by atoms with van der Waals surface area (Å²) in [6, 6.07) is 11.1. The summed E-state index contributed by atoms with van der Waals surface area (Å²) in [4.78, 5) is 4.25. The summed E-state index contributed by atoms with van der Waals surface area (Å²) in [7, 11) is 1.80. The van der Waals surface area contributed by atoms with Crippen LogP contribution in [0.15, 0.2) is 35.7 Å². The summed E-state index contributed by atoms with van der Waals surface area (Å²) in [5, 5.41) is 2.21. The second-order valence-electron chi connectivity index (χ2n) is 6.88. The van der Waals surface area contributed by atoms with Crippen molar-refractivity contribution in [3.63, 3.8) is 0 Å². The lowest BCUT2D eigenvalue weighted by atomic mass is 9.82. The summed E-state index contributed by atoms with van der Waals surface area (Å²) < 4.78 is 5.58. The standard InChI is InChI=1S/C20H25NOS.ClH/c1-22-19-8-3-6-17-15(5-2-7-18(17)19)13-21-11-10-16(14-21)20-9-4-12-23-20;/h3-4,6,8-9,12,15-16H,2,5,7,10-11,13-14H2,1H3;1H. The molecule has 0 spiro atoms. The van der Waals surface area contributed by atoms with Crippen LogP contribution in [-0.4, -0.2) is 31.6 Å². The molecule has 1 fully saturated rings. The molecule has 0 N–H and O–H groups in total. The molecule has 2 nitrogen and oxygen atoms in total. The van der Waals surface area contributed by atoms with Crippen molar-refractivity contribution < 1.29 is 4.74 Å². The van der Waals surface area contributed by atoms with E-state index in [1.807, 2.05) is 11.3 Å². The highest BCUT2D eigenvalue weighted by atomic mass is 35.5. The van der Waals surface area contributed by atoms with Gasteiger partial charge in [0.15, 0.2) is 0 Å². The van der Waals surface area contributed by atoms with Crippen molar-refractivity contribution in [1.29, 1.82) is 0 Å². The number of thiophene rings is 1. The first kappa shape index (κ1) is 17.8. The number of likely N-dealkylation sites (tertiary alicyclic amines) is 1. The average molecular weight is 364 g/mol. The van der Waals surface area contributed by atoms with Crippen molar-refractivity contribution in [2.45, 2.75) is 37.5 Å².